The summed E-state index contributed by atoms with van der Waals surface area (Å²) in [7, 11) is 0. The van der Waals surface area contributed by atoms with Crippen LogP contribution < -0.4 is 10.6 Å². The zero-order chi connectivity index (χ0) is 17.0. The number of benzene rings is 1. The summed E-state index contributed by atoms with van der Waals surface area (Å²) in [4.78, 5) is 26.1. The van der Waals surface area contributed by atoms with Crippen molar-refractivity contribution in [1.29, 1.82) is 0 Å². The maximum atomic E-state index is 12.4. The van der Waals surface area contributed by atoms with Crippen molar-refractivity contribution in [3.8, 4) is 0 Å². The quantitative estimate of drug-likeness (QED) is 0.887. The van der Waals surface area contributed by atoms with Gasteiger partial charge >= 0.3 is 6.03 Å². The number of rotatable bonds is 3. The zero-order valence-electron chi connectivity index (χ0n) is 13.9. The Kier molecular flexibility index (Phi) is 5.88. The average molecular weight is 338 g/mol. The largest absolute Gasteiger partial charge is 0.336 e. The molecule has 3 amide bonds. The molecular weight excluding hydrogens is 314 g/mol. The van der Waals surface area contributed by atoms with Crippen LogP contribution >= 0.6 is 11.6 Å². The van der Waals surface area contributed by atoms with Crippen molar-refractivity contribution in [3.05, 3.63) is 28.8 Å². The summed E-state index contributed by atoms with van der Waals surface area (Å²) in [5, 5.41) is 6.44. The highest BCUT2D eigenvalue weighted by atomic mass is 35.5. The average Bonchev–Trinajstić information content (AvgIpc) is 2.50. The van der Waals surface area contributed by atoms with Crippen molar-refractivity contribution in [2.24, 2.45) is 5.92 Å². The number of anilines is 1. The number of aryl methyl sites for hydroxylation is 1. The predicted molar refractivity (Wildman–Crippen MR) is 92.8 cm³/mol. The summed E-state index contributed by atoms with van der Waals surface area (Å²) in [5.41, 5.74) is 1.74. The highest BCUT2D eigenvalue weighted by Crippen LogP contribution is 2.23. The molecule has 1 aliphatic rings. The minimum Gasteiger partial charge on any atom is -0.336 e. The van der Waals surface area contributed by atoms with Crippen LogP contribution in [-0.4, -0.2) is 36.0 Å². The number of nitrogens with zero attached hydrogens (tertiary/aromatic N) is 1. The number of amides is 3. The lowest BCUT2D eigenvalue weighted by atomic mass is 9.96. The SMILES string of the molecule is Cc1ccc(Cl)cc1NC(=O)C1CCN(C(=O)NC(C)C)CC1. The van der Waals surface area contributed by atoms with E-state index in [9.17, 15) is 9.59 Å². The molecule has 0 aliphatic carbocycles. The third-order valence-electron chi connectivity index (χ3n) is 4.02. The second-order valence-electron chi connectivity index (χ2n) is 6.31. The van der Waals surface area contributed by atoms with E-state index < -0.39 is 0 Å². The van der Waals surface area contributed by atoms with Gasteiger partial charge in [0.2, 0.25) is 5.91 Å². The highest BCUT2D eigenvalue weighted by molar-refractivity contribution is 6.31. The molecule has 0 atom stereocenters. The molecule has 0 saturated carbocycles. The summed E-state index contributed by atoms with van der Waals surface area (Å²) in [5.74, 6) is -0.0734. The van der Waals surface area contributed by atoms with E-state index in [1.807, 2.05) is 26.8 Å². The van der Waals surface area contributed by atoms with Crippen LogP contribution in [0.5, 0.6) is 0 Å². The Balaban J connectivity index is 1.88. The second-order valence-corrected chi connectivity index (χ2v) is 6.75. The number of carbonyl (C=O) groups is 2. The standard InChI is InChI=1S/C17H24ClN3O2/c1-11(2)19-17(23)21-8-6-13(7-9-21)16(22)20-15-10-14(18)5-4-12(15)3/h4-5,10-11,13H,6-9H2,1-3H3,(H,19,23)(H,20,22). The van der Waals surface area contributed by atoms with Crippen LogP contribution in [0.4, 0.5) is 10.5 Å². The van der Waals surface area contributed by atoms with Crippen molar-refractivity contribution in [1.82, 2.24) is 10.2 Å². The Bertz CT molecular complexity index is 581. The number of hydrogen-bond acceptors (Lipinski definition) is 2. The number of piperidine rings is 1. The van der Waals surface area contributed by atoms with E-state index in [4.69, 9.17) is 11.6 Å². The molecule has 2 N–H and O–H groups in total. The molecule has 2 rings (SSSR count). The molecule has 5 nitrogen and oxygen atoms in total. The van der Waals surface area contributed by atoms with E-state index >= 15 is 0 Å². The molecule has 1 saturated heterocycles. The van der Waals surface area contributed by atoms with Crippen LogP contribution in [0.2, 0.25) is 5.02 Å². The van der Waals surface area contributed by atoms with E-state index in [0.29, 0.717) is 31.0 Å². The number of likely N-dealkylation sites (tertiary alicyclic amines) is 1. The van der Waals surface area contributed by atoms with Gasteiger partial charge in [-0.2, -0.15) is 0 Å². The summed E-state index contributed by atoms with van der Waals surface area (Å²) in [6, 6.07) is 5.52. The van der Waals surface area contributed by atoms with E-state index in [1.165, 1.54) is 0 Å². The molecule has 1 aliphatic heterocycles. The smallest absolute Gasteiger partial charge is 0.317 e. The molecule has 0 spiro atoms. The number of halogens is 1. The van der Waals surface area contributed by atoms with E-state index in [0.717, 1.165) is 11.3 Å². The summed E-state index contributed by atoms with van der Waals surface area (Å²) < 4.78 is 0. The Morgan fingerprint density at radius 1 is 1.26 bits per heavy atom. The van der Waals surface area contributed by atoms with Gasteiger partial charge in [0.15, 0.2) is 0 Å². The second kappa shape index (κ2) is 7.68. The Hall–Kier alpha value is -1.75. The van der Waals surface area contributed by atoms with E-state index in [-0.39, 0.29) is 23.9 Å². The van der Waals surface area contributed by atoms with Crippen LogP contribution in [0.1, 0.15) is 32.3 Å². The first-order valence-electron chi connectivity index (χ1n) is 7.99. The number of hydrogen-bond donors (Lipinski definition) is 2. The van der Waals surface area contributed by atoms with Crippen molar-refractivity contribution >= 4 is 29.2 Å². The van der Waals surface area contributed by atoms with E-state index in [2.05, 4.69) is 10.6 Å². The maximum absolute atomic E-state index is 12.4. The molecule has 0 bridgehead atoms. The summed E-state index contributed by atoms with van der Waals surface area (Å²) >= 11 is 5.98. The van der Waals surface area contributed by atoms with Gasteiger partial charge in [-0.05, 0) is 51.3 Å². The molecular formula is C17H24ClN3O2. The number of carbonyl (C=O) groups excluding carboxylic acids is 2. The molecule has 1 heterocycles. The van der Waals surface area contributed by atoms with Crippen LogP contribution in [-0.2, 0) is 4.79 Å². The fraction of sp³-hybridized carbons (Fsp3) is 0.529. The Morgan fingerprint density at radius 3 is 2.52 bits per heavy atom. The van der Waals surface area contributed by atoms with Gasteiger partial charge in [0.25, 0.3) is 0 Å². The molecule has 0 radical (unpaired) electrons. The van der Waals surface area contributed by atoms with Crippen molar-refractivity contribution < 1.29 is 9.59 Å². The molecule has 1 aromatic rings. The maximum Gasteiger partial charge on any atom is 0.317 e. The number of urea groups is 1. The fourth-order valence-electron chi connectivity index (χ4n) is 2.65. The molecule has 126 valence electrons. The van der Waals surface area contributed by atoms with Crippen LogP contribution in [0.3, 0.4) is 0 Å². The first-order chi connectivity index (χ1) is 10.9. The molecule has 6 heteroatoms. The molecule has 1 fully saturated rings. The molecule has 1 aromatic carbocycles. The lowest BCUT2D eigenvalue weighted by Gasteiger charge is -2.32. The van der Waals surface area contributed by atoms with Crippen LogP contribution in [0.25, 0.3) is 0 Å². The van der Waals surface area contributed by atoms with Gasteiger partial charge in [-0.1, -0.05) is 17.7 Å². The lowest BCUT2D eigenvalue weighted by molar-refractivity contribution is -0.121. The molecule has 0 unspecified atom stereocenters. The van der Waals surface area contributed by atoms with Gasteiger partial charge in [-0.15, -0.1) is 0 Å². The minimum atomic E-state index is -0.0727. The first-order valence-corrected chi connectivity index (χ1v) is 8.37. The summed E-state index contributed by atoms with van der Waals surface area (Å²) in [6.45, 7) is 7.01. The van der Waals surface area contributed by atoms with Gasteiger partial charge in [-0.3, -0.25) is 4.79 Å². The molecule has 0 aromatic heterocycles. The topological polar surface area (TPSA) is 61.4 Å². The van der Waals surface area contributed by atoms with Gasteiger partial charge in [-0.25, -0.2) is 4.79 Å². The predicted octanol–water partition coefficient (Wildman–Crippen LogP) is 3.42. The van der Waals surface area contributed by atoms with E-state index in [1.54, 1.807) is 17.0 Å². The zero-order valence-corrected chi connectivity index (χ0v) is 14.6. The van der Waals surface area contributed by atoms with Crippen LogP contribution in [0.15, 0.2) is 18.2 Å². The monoisotopic (exact) mass is 337 g/mol. The Morgan fingerprint density at radius 2 is 1.91 bits per heavy atom. The van der Waals surface area contributed by atoms with Crippen molar-refractivity contribution in [2.45, 2.75) is 39.7 Å². The van der Waals surface area contributed by atoms with Gasteiger partial charge in [0, 0.05) is 35.8 Å². The lowest BCUT2D eigenvalue weighted by Crippen LogP contribution is -2.47. The van der Waals surface area contributed by atoms with Gasteiger partial charge in [0.1, 0.15) is 0 Å². The highest BCUT2D eigenvalue weighted by Gasteiger charge is 2.27. The summed E-state index contributed by atoms with van der Waals surface area (Å²) in [6.07, 6.45) is 1.36. The minimum absolute atomic E-state index is 0.000663. The molecule has 23 heavy (non-hydrogen) atoms. The number of nitrogens with one attached hydrogen (secondary N) is 2. The van der Waals surface area contributed by atoms with Gasteiger partial charge < -0.3 is 15.5 Å². The fourth-order valence-corrected chi connectivity index (χ4v) is 2.82. The first kappa shape index (κ1) is 17.6. The van der Waals surface area contributed by atoms with Crippen molar-refractivity contribution in [2.75, 3.05) is 18.4 Å². The van der Waals surface area contributed by atoms with Crippen LogP contribution in [0, 0.1) is 12.8 Å². The third-order valence-corrected chi connectivity index (χ3v) is 4.26. The van der Waals surface area contributed by atoms with Gasteiger partial charge in [0.05, 0.1) is 0 Å². The third kappa shape index (κ3) is 4.86. The Labute approximate surface area is 142 Å². The normalized spacial score (nSPS) is 15.6. The van der Waals surface area contributed by atoms with Crippen molar-refractivity contribution in [3.63, 3.8) is 0 Å².